The van der Waals surface area contributed by atoms with Crippen molar-refractivity contribution in [2.45, 2.75) is 25.8 Å². The first-order valence-corrected chi connectivity index (χ1v) is 10.9. The van der Waals surface area contributed by atoms with Gasteiger partial charge in [-0.3, -0.25) is 4.90 Å². The molecule has 1 fully saturated rings. The zero-order valence-corrected chi connectivity index (χ0v) is 17.5. The Balaban J connectivity index is 1.59. The first-order valence-electron chi connectivity index (χ1n) is 9.72. The summed E-state index contributed by atoms with van der Waals surface area (Å²) in [6.45, 7) is 4.24. The Hall–Kier alpha value is -2.35. The van der Waals surface area contributed by atoms with Crippen LogP contribution in [0.2, 0.25) is 5.02 Å². The summed E-state index contributed by atoms with van der Waals surface area (Å²) >= 11 is 7.75. The predicted molar refractivity (Wildman–Crippen MR) is 113 cm³/mol. The summed E-state index contributed by atoms with van der Waals surface area (Å²) in [7, 11) is 0. The molecular weight excluding hydrogens is 408 g/mol. The van der Waals surface area contributed by atoms with Crippen LogP contribution in [0.3, 0.4) is 0 Å². The molecule has 0 amide bonds. The number of rotatable bonds is 4. The number of likely N-dealkylation sites (tertiary alicyclic amines) is 1. The van der Waals surface area contributed by atoms with Gasteiger partial charge in [0.15, 0.2) is 5.76 Å². The molecule has 0 aliphatic carbocycles. The van der Waals surface area contributed by atoms with Crippen LogP contribution in [-0.2, 0) is 0 Å². The van der Waals surface area contributed by atoms with Crippen LogP contribution in [0.25, 0.3) is 16.5 Å². The number of hydrogen-bond acceptors (Lipinski definition) is 6. The van der Waals surface area contributed by atoms with Crippen LogP contribution in [0.4, 0.5) is 0 Å². The van der Waals surface area contributed by atoms with E-state index in [1.54, 1.807) is 18.4 Å². The number of benzene rings is 1. The van der Waals surface area contributed by atoms with E-state index in [4.69, 9.17) is 16.0 Å². The number of aromatic hydroxyl groups is 1. The molecule has 0 saturated carbocycles. The van der Waals surface area contributed by atoms with Crippen molar-refractivity contribution in [1.82, 2.24) is 19.5 Å². The molecule has 1 atom stereocenters. The quantitative estimate of drug-likeness (QED) is 0.482. The van der Waals surface area contributed by atoms with Gasteiger partial charge in [0.25, 0.3) is 0 Å². The van der Waals surface area contributed by atoms with E-state index in [9.17, 15) is 5.11 Å². The molecule has 4 heterocycles. The molecule has 1 aliphatic heterocycles. The minimum atomic E-state index is -0.0817. The average Bonchev–Trinajstić information content (AvgIpc) is 3.43. The number of furan rings is 1. The van der Waals surface area contributed by atoms with Crippen LogP contribution in [0, 0.1) is 5.92 Å². The maximum atomic E-state index is 11.1. The Kier molecular flexibility index (Phi) is 4.81. The molecule has 0 radical (unpaired) electrons. The lowest BCUT2D eigenvalue weighted by atomic mass is 9.95. The number of piperidine rings is 1. The third kappa shape index (κ3) is 3.43. The molecule has 4 aromatic rings. The second-order valence-electron chi connectivity index (χ2n) is 7.57. The first-order chi connectivity index (χ1) is 14.1. The summed E-state index contributed by atoms with van der Waals surface area (Å²) in [6, 6.07) is 11.4. The van der Waals surface area contributed by atoms with Gasteiger partial charge in [-0.05, 0) is 61.7 Å². The highest BCUT2D eigenvalue weighted by molar-refractivity contribution is 7.17. The Bertz CT molecular complexity index is 1130. The summed E-state index contributed by atoms with van der Waals surface area (Å²) in [6.07, 6.45) is 3.87. The third-order valence-electron chi connectivity index (χ3n) is 5.54. The molecule has 3 aromatic heterocycles. The van der Waals surface area contributed by atoms with Crippen LogP contribution in [0.1, 0.15) is 36.2 Å². The van der Waals surface area contributed by atoms with Crippen molar-refractivity contribution in [2.75, 3.05) is 13.1 Å². The molecule has 6 nitrogen and oxygen atoms in total. The second kappa shape index (κ2) is 7.48. The molecule has 1 saturated heterocycles. The molecule has 1 aliphatic rings. The van der Waals surface area contributed by atoms with Crippen molar-refractivity contribution in [3.8, 4) is 17.5 Å². The smallest absolute Gasteiger partial charge is 0.230 e. The lowest BCUT2D eigenvalue weighted by Gasteiger charge is -2.36. The fourth-order valence-corrected chi connectivity index (χ4v) is 5.25. The van der Waals surface area contributed by atoms with E-state index < -0.39 is 0 Å². The van der Waals surface area contributed by atoms with Crippen LogP contribution in [0.5, 0.6) is 5.88 Å². The maximum absolute atomic E-state index is 11.1. The SMILES string of the molecule is CC1CCN([C@H](c2cccc(Cl)c2)c2sc3nc(-c4ccco4)nn3c2O)CC1. The van der Waals surface area contributed by atoms with Crippen LogP contribution < -0.4 is 0 Å². The molecule has 29 heavy (non-hydrogen) atoms. The average molecular weight is 429 g/mol. The van der Waals surface area contributed by atoms with Crippen LogP contribution in [-0.4, -0.2) is 37.7 Å². The van der Waals surface area contributed by atoms with Crippen molar-refractivity contribution in [3.63, 3.8) is 0 Å². The van der Waals surface area contributed by atoms with Gasteiger partial charge in [-0.2, -0.15) is 9.50 Å². The number of thiazole rings is 1. The van der Waals surface area contributed by atoms with Gasteiger partial charge in [-0.25, -0.2) is 0 Å². The van der Waals surface area contributed by atoms with E-state index in [2.05, 4.69) is 28.0 Å². The fourth-order valence-electron chi connectivity index (χ4n) is 3.93. The molecular formula is C21H21ClN4O2S. The summed E-state index contributed by atoms with van der Waals surface area (Å²) < 4.78 is 6.89. The number of fused-ring (bicyclic) bond motifs is 1. The molecule has 1 aromatic carbocycles. The summed E-state index contributed by atoms with van der Waals surface area (Å²) in [4.78, 5) is 8.46. The zero-order chi connectivity index (χ0) is 20.0. The minimum Gasteiger partial charge on any atom is -0.492 e. The van der Waals surface area contributed by atoms with E-state index in [0.29, 0.717) is 21.6 Å². The van der Waals surface area contributed by atoms with Crippen molar-refractivity contribution < 1.29 is 9.52 Å². The van der Waals surface area contributed by atoms with Crippen LogP contribution >= 0.6 is 22.9 Å². The van der Waals surface area contributed by atoms with E-state index in [-0.39, 0.29) is 11.9 Å². The van der Waals surface area contributed by atoms with Gasteiger partial charge in [0.1, 0.15) is 0 Å². The normalized spacial score (nSPS) is 17.2. The molecule has 0 unspecified atom stereocenters. The lowest BCUT2D eigenvalue weighted by Crippen LogP contribution is -2.36. The summed E-state index contributed by atoms with van der Waals surface area (Å²) in [5.41, 5.74) is 1.07. The first kappa shape index (κ1) is 18.7. The van der Waals surface area contributed by atoms with Crippen molar-refractivity contribution in [1.29, 1.82) is 0 Å². The zero-order valence-electron chi connectivity index (χ0n) is 16.0. The van der Waals surface area contributed by atoms with Gasteiger partial charge in [0, 0.05) is 5.02 Å². The number of aromatic nitrogens is 3. The molecule has 0 bridgehead atoms. The maximum Gasteiger partial charge on any atom is 0.230 e. The third-order valence-corrected chi connectivity index (χ3v) is 6.85. The summed E-state index contributed by atoms with van der Waals surface area (Å²) in [5, 5.41) is 16.2. The molecule has 5 rings (SSSR count). The number of halogens is 1. The second-order valence-corrected chi connectivity index (χ2v) is 9.02. The van der Waals surface area contributed by atoms with E-state index in [1.165, 1.54) is 15.9 Å². The Morgan fingerprint density at radius 1 is 1.24 bits per heavy atom. The van der Waals surface area contributed by atoms with E-state index in [0.717, 1.165) is 42.3 Å². The molecule has 0 spiro atoms. The topological polar surface area (TPSA) is 66.8 Å². The van der Waals surface area contributed by atoms with Gasteiger partial charge in [-0.15, -0.1) is 5.10 Å². The molecule has 150 valence electrons. The summed E-state index contributed by atoms with van der Waals surface area (Å²) in [5.74, 6) is 1.89. The van der Waals surface area contributed by atoms with Crippen molar-refractivity contribution in [3.05, 3.63) is 58.1 Å². The fraction of sp³-hybridized carbons (Fsp3) is 0.333. The highest BCUT2D eigenvalue weighted by Crippen LogP contribution is 2.42. The Morgan fingerprint density at radius 3 is 2.76 bits per heavy atom. The van der Waals surface area contributed by atoms with Gasteiger partial charge >= 0.3 is 0 Å². The van der Waals surface area contributed by atoms with Crippen molar-refractivity contribution >= 4 is 27.9 Å². The van der Waals surface area contributed by atoms with Crippen LogP contribution in [0.15, 0.2) is 47.1 Å². The largest absolute Gasteiger partial charge is 0.492 e. The standard InChI is InChI=1S/C21H21ClN4O2S/c1-13-7-9-25(10-8-13)17(14-4-2-5-15(22)12-14)18-20(27)26-21(29-18)23-19(24-26)16-6-3-11-28-16/h2-6,11-13,17,27H,7-10H2,1H3/t17-/m1/s1. The van der Waals surface area contributed by atoms with Gasteiger partial charge in [-0.1, -0.05) is 42.0 Å². The van der Waals surface area contributed by atoms with E-state index >= 15 is 0 Å². The lowest BCUT2D eigenvalue weighted by molar-refractivity contribution is 0.157. The predicted octanol–water partition coefficient (Wildman–Crippen LogP) is 5.23. The Morgan fingerprint density at radius 2 is 2.07 bits per heavy atom. The number of nitrogens with zero attached hydrogens (tertiary/aromatic N) is 4. The van der Waals surface area contributed by atoms with Gasteiger partial charge in [0.2, 0.25) is 16.7 Å². The Labute approximate surface area is 177 Å². The van der Waals surface area contributed by atoms with Gasteiger partial charge in [0.05, 0.1) is 17.2 Å². The van der Waals surface area contributed by atoms with E-state index in [1.807, 2.05) is 18.2 Å². The minimum absolute atomic E-state index is 0.0817. The highest BCUT2D eigenvalue weighted by atomic mass is 35.5. The molecule has 1 N–H and O–H groups in total. The van der Waals surface area contributed by atoms with Gasteiger partial charge < -0.3 is 9.52 Å². The monoisotopic (exact) mass is 428 g/mol. The highest BCUT2D eigenvalue weighted by Gasteiger charge is 2.31. The number of hydrogen-bond donors (Lipinski definition) is 1. The molecule has 8 heteroatoms. The van der Waals surface area contributed by atoms with Crippen molar-refractivity contribution in [2.24, 2.45) is 5.92 Å².